The Kier molecular flexibility index (Phi) is 3.96. The van der Waals surface area contributed by atoms with Crippen LogP contribution in [0.1, 0.15) is 25.3 Å². The van der Waals surface area contributed by atoms with E-state index in [2.05, 4.69) is 43.2 Å². The Morgan fingerprint density at radius 2 is 2.05 bits per heavy atom. The van der Waals surface area contributed by atoms with Crippen LogP contribution in [0.4, 0.5) is 4.79 Å². The third kappa shape index (κ3) is 3.10. The molecule has 110 valence electrons. The van der Waals surface area contributed by atoms with Crippen molar-refractivity contribution in [2.75, 3.05) is 0 Å². The Labute approximate surface area is 131 Å². The zero-order valence-electron chi connectivity index (χ0n) is 11.5. The normalized spacial score (nSPS) is 21.4. The molecule has 2 aromatic rings. The van der Waals surface area contributed by atoms with Gasteiger partial charge in [0.15, 0.2) is 0 Å². The van der Waals surface area contributed by atoms with Gasteiger partial charge in [-0.1, -0.05) is 28.1 Å². The van der Waals surface area contributed by atoms with Crippen molar-refractivity contribution in [2.45, 2.75) is 31.3 Å². The average Bonchev–Trinajstić information content (AvgIpc) is 3.07. The van der Waals surface area contributed by atoms with Crippen LogP contribution in [0.25, 0.3) is 11.3 Å². The molecule has 2 amide bonds. The van der Waals surface area contributed by atoms with Crippen molar-refractivity contribution in [3.05, 3.63) is 41.0 Å². The number of nitrogens with two attached hydrogens (primary N) is 1. The molecule has 5 nitrogen and oxygen atoms in total. The number of carbonyl (C=O) groups excluding carboxylic acids is 1. The van der Waals surface area contributed by atoms with Gasteiger partial charge in [-0.05, 0) is 43.0 Å². The summed E-state index contributed by atoms with van der Waals surface area (Å²) in [4.78, 5) is 11.0. The molecule has 0 spiro atoms. The van der Waals surface area contributed by atoms with Gasteiger partial charge in [-0.3, -0.25) is 4.68 Å². The molecule has 0 bridgehead atoms. The van der Waals surface area contributed by atoms with Crippen LogP contribution in [0.3, 0.4) is 0 Å². The summed E-state index contributed by atoms with van der Waals surface area (Å²) in [7, 11) is 0. The molecular weight excluding hydrogens is 332 g/mol. The molecule has 3 N–H and O–H groups in total. The summed E-state index contributed by atoms with van der Waals surface area (Å²) in [5.74, 6) is 0. The number of hydrogen-bond donors (Lipinski definition) is 2. The predicted octanol–water partition coefficient (Wildman–Crippen LogP) is 3.07. The van der Waals surface area contributed by atoms with Crippen molar-refractivity contribution in [1.82, 2.24) is 15.1 Å². The van der Waals surface area contributed by atoms with E-state index < -0.39 is 6.03 Å². The fourth-order valence-electron chi connectivity index (χ4n) is 2.97. The summed E-state index contributed by atoms with van der Waals surface area (Å²) in [5, 5.41) is 7.26. The van der Waals surface area contributed by atoms with Crippen molar-refractivity contribution in [3.8, 4) is 11.3 Å². The van der Waals surface area contributed by atoms with Gasteiger partial charge in [-0.2, -0.15) is 5.10 Å². The van der Waals surface area contributed by atoms with E-state index in [0.29, 0.717) is 6.04 Å². The minimum atomic E-state index is -0.450. The van der Waals surface area contributed by atoms with E-state index in [4.69, 9.17) is 5.73 Å². The molecule has 6 heteroatoms. The first-order valence-electron chi connectivity index (χ1n) is 6.99. The molecule has 3 rings (SSSR count). The third-order valence-electron chi connectivity index (χ3n) is 3.91. The maximum Gasteiger partial charge on any atom is 0.312 e. The highest BCUT2D eigenvalue weighted by molar-refractivity contribution is 9.10. The van der Waals surface area contributed by atoms with Gasteiger partial charge >= 0.3 is 6.03 Å². The molecule has 1 fully saturated rings. The molecule has 0 aliphatic heterocycles. The van der Waals surface area contributed by atoms with E-state index in [-0.39, 0.29) is 6.04 Å². The lowest BCUT2D eigenvalue weighted by molar-refractivity contribution is 0.245. The minimum Gasteiger partial charge on any atom is -0.352 e. The van der Waals surface area contributed by atoms with Gasteiger partial charge in [0, 0.05) is 16.7 Å². The molecule has 1 aromatic heterocycles. The maximum atomic E-state index is 11.0. The van der Waals surface area contributed by atoms with Gasteiger partial charge in [0.2, 0.25) is 0 Å². The zero-order valence-corrected chi connectivity index (χ0v) is 13.1. The van der Waals surface area contributed by atoms with Crippen LogP contribution in [0.2, 0.25) is 0 Å². The first kappa shape index (κ1) is 14.1. The predicted molar refractivity (Wildman–Crippen MR) is 84.8 cm³/mol. The van der Waals surface area contributed by atoms with Crippen molar-refractivity contribution in [1.29, 1.82) is 0 Å². The van der Waals surface area contributed by atoms with Gasteiger partial charge in [-0.15, -0.1) is 0 Å². The summed E-state index contributed by atoms with van der Waals surface area (Å²) in [5.41, 5.74) is 7.44. The van der Waals surface area contributed by atoms with Crippen LogP contribution >= 0.6 is 15.9 Å². The van der Waals surface area contributed by atoms with Crippen LogP contribution in [-0.4, -0.2) is 21.9 Å². The van der Waals surface area contributed by atoms with Crippen LogP contribution in [0.15, 0.2) is 41.0 Å². The number of nitrogens with zero attached hydrogens (tertiary/aromatic N) is 2. The summed E-state index contributed by atoms with van der Waals surface area (Å²) >= 11 is 3.45. The van der Waals surface area contributed by atoms with E-state index >= 15 is 0 Å². The highest BCUT2D eigenvalue weighted by Crippen LogP contribution is 2.33. The lowest BCUT2D eigenvalue weighted by Crippen LogP contribution is -2.37. The number of carbonyl (C=O) groups is 1. The quantitative estimate of drug-likeness (QED) is 0.894. The fraction of sp³-hybridized carbons (Fsp3) is 0.333. The fourth-order valence-corrected chi connectivity index (χ4v) is 3.23. The topological polar surface area (TPSA) is 72.9 Å². The van der Waals surface area contributed by atoms with E-state index in [9.17, 15) is 4.79 Å². The number of rotatable bonds is 3. The van der Waals surface area contributed by atoms with Gasteiger partial charge in [-0.25, -0.2) is 4.79 Å². The molecule has 0 unspecified atom stereocenters. The Morgan fingerprint density at radius 1 is 1.29 bits per heavy atom. The Bertz CT molecular complexity index is 637. The largest absolute Gasteiger partial charge is 0.352 e. The molecule has 1 saturated carbocycles. The van der Waals surface area contributed by atoms with E-state index in [0.717, 1.165) is 35.0 Å². The van der Waals surface area contributed by atoms with Gasteiger partial charge in [0.25, 0.3) is 0 Å². The van der Waals surface area contributed by atoms with Crippen LogP contribution < -0.4 is 11.1 Å². The maximum absolute atomic E-state index is 11.0. The molecule has 21 heavy (non-hydrogen) atoms. The Balaban J connectivity index is 1.80. The van der Waals surface area contributed by atoms with Crippen LogP contribution in [0.5, 0.6) is 0 Å². The summed E-state index contributed by atoms with van der Waals surface area (Å²) < 4.78 is 3.12. The number of nitrogens with one attached hydrogen (secondary N) is 1. The smallest absolute Gasteiger partial charge is 0.312 e. The second-order valence-corrected chi connectivity index (χ2v) is 6.26. The zero-order chi connectivity index (χ0) is 14.8. The number of benzene rings is 1. The summed E-state index contributed by atoms with van der Waals surface area (Å²) in [6.45, 7) is 0. The van der Waals surface area contributed by atoms with Crippen molar-refractivity contribution in [3.63, 3.8) is 0 Å². The van der Waals surface area contributed by atoms with E-state index in [1.54, 1.807) is 0 Å². The van der Waals surface area contributed by atoms with E-state index in [1.807, 2.05) is 24.4 Å². The number of urea groups is 1. The minimum absolute atomic E-state index is 0.148. The summed E-state index contributed by atoms with van der Waals surface area (Å²) in [6.07, 6.45) is 4.63. The lowest BCUT2D eigenvalue weighted by Gasteiger charge is -2.15. The summed E-state index contributed by atoms with van der Waals surface area (Å²) in [6, 6.07) is 10.2. The van der Waals surface area contributed by atoms with Crippen molar-refractivity contribution < 1.29 is 4.79 Å². The average molecular weight is 349 g/mol. The number of primary amides is 1. The standard InChI is InChI=1S/C15H17BrN4O/c16-11-3-1-10(2-4-11)14-7-8-18-20(14)13-6-5-12(9-13)19-15(17)21/h1-4,7-8,12-13H,5-6,9H2,(H3,17,19,21)/t12-,13+/m0/s1. The van der Waals surface area contributed by atoms with Crippen molar-refractivity contribution >= 4 is 22.0 Å². The molecule has 1 aliphatic carbocycles. The van der Waals surface area contributed by atoms with Gasteiger partial charge in [0.05, 0.1) is 11.7 Å². The number of hydrogen-bond acceptors (Lipinski definition) is 2. The van der Waals surface area contributed by atoms with Crippen molar-refractivity contribution in [2.24, 2.45) is 5.73 Å². The second kappa shape index (κ2) is 5.89. The van der Waals surface area contributed by atoms with Gasteiger partial charge < -0.3 is 11.1 Å². The number of halogens is 1. The first-order valence-corrected chi connectivity index (χ1v) is 7.78. The molecule has 1 aromatic carbocycles. The third-order valence-corrected chi connectivity index (χ3v) is 4.44. The molecule has 2 atom stereocenters. The highest BCUT2D eigenvalue weighted by atomic mass is 79.9. The first-order chi connectivity index (χ1) is 10.1. The SMILES string of the molecule is NC(=O)N[C@H]1CC[C@@H](n2nccc2-c2ccc(Br)cc2)C1. The van der Waals surface area contributed by atoms with E-state index in [1.165, 1.54) is 0 Å². The lowest BCUT2D eigenvalue weighted by atomic mass is 10.1. The number of amides is 2. The highest BCUT2D eigenvalue weighted by Gasteiger charge is 2.28. The molecule has 1 aliphatic rings. The Morgan fingerprint density at radius 3 is 2.76 bits per heavy atom. The second-order valence-electron chi connectivity index (χ2n) is 5.34. The monoisotopic (exact) mass is 348 g/mol. The molecule has 1 heterocycles. The van der Waals surface area contributed by atoms with Crippen LogP contribution in [0, 0.1) is 0 Å². The molecular formula is C15H17BrN4O. The number of aromatic nitrogens is 2. The van der Waals surface area contributed by atoms with Crippen LogP contribution in [-0.2, 0) is 0 Å². The molecule has 0 saturated heterocycles. The van der Waals surface area contributed by atoms with Gasteiger partial charge in [0.1, 0.15) is 0 Å². The molecule has 0 radical (unpaired) electrons. The Hall–Kier alpha value is -1.82.